The average molecular weight is 821 g/mol. The molecule has 0 fully saturated rings. The number of carbonyl (C=O) groups is 4. The van der Waals surface area contributed by atoms with E-state index in [1.54, 1.807) is 0 Å². The maximum Gasteiger partial charge on any atom is 0.295 e. The number of rotatable bonds is 14. The second-order valence-electron chi connectivity index (χ2n) is 11.2. The Morgan fingerprint density at radius 1 is 0.519 bits per heavy atom. The fourth-order valence-corrected chi connectivity index (χ4v) is 8.30. The number of primary amides is 2. The molecule has 22 heteroatoms. The van der Waals surface area contributed by atoms with E-state index in [1.807, 2.05) is 0 Å². The normalized spacial score (nSPS) is 12.3. The molecule has 0 unspecified atom stereocenters. The Hall–Kier alpha value is -5.78. The van der Waals surface area contributed by atoms with E-state index in [0.717, 1.165) is 84.9 Å². The monoisotopic (exact) mass is 820 g/mol. The van der Waals surface area contributed by atoms with E-state index in [0.29, 0.717) is 0 Å². The molecule has 0 saturated carbocycles. The van der Waals surface area contributed by atoms with Crippen molar-refractivity contribution in [3.8, 4) is 0 Å². The van der Waals surface area contributed by atoms with Crippen LogP contribution in [0.1, 0.15) is 31.8 Å². The topological polar surface area (TPSA) is 321 Å². The largest absolute Gasteiger partial charge is 0.369 e. The molecule has 4 aromatic rings. The highest BCUT2D eigenvalue weighted by Gasteiger charge is 2.22. The maximum atomic E-state index is 12.8. The van der Waals surface area contributed by atoms with Gasteiger partial charge in [0.15, 0.2) is 19.7 Å². The quantitative estimate of drug-likeness (QED) is 0.0773. The molecular formula is C32H28N4O14S4. The standard InChI is InChI=1S/C32H28N4O14S4/c33-29(37)17-51(41,42)25-11-5-21(6-12-25)31(39)35-23-9-3-19(27(15-23)53(45,46)47)1-2-20-4-10-24(16-28(20)54(48,49)50)36-32(40)22-7-13-26(14-8-22)52(43,44)18-30(34)38/h1-16H,17-18H2,(H2,33,37)(H2,34,38)(H,35,39)(H,36,40)(H,45,46,47)(H,48,49,50). The van der Waals surface area contributed by atoms with Gasteiger partial charge in [0.05, 0.1) is 9.79 Å². The molecule has 0 aliphatic heterocycles. The maximum absolute atomic E-state index is 12.8. The Morgan fingerprint density at radius 3 is 1.11 bits per heavy atom. The molecule has 4 amide bonds. The number of hydrogen-bond donors (Lipinski definition) is 6. The van der Waals surface area contributed by atoms with Crippen molar-refractivity contribution in [3.05, 3.63) is 107 Å². The van der Waals surface area contributed by atoms with Gasteiger partial charge >= 0.3 is 0 Å². The second-order valence-corrected chi connectivity index (χ2v) is 18.0. The van der Waals surface area contributed by atoms with Crippen LogP contribution in [0.25, 0.3) is 12.2 Å². The lowest BCUT2D eigenvalue weighted by Gasteiger charge is -2.11. The SMILES string of the molecule is NC(=O)CS(=O)(=O)c1ccc(C(=O)Nc2ccc(C=Cc3ccc(NC(=O)c4ccc(S(=O)(=O)CC(N)=O)cc4)cc3S(=O)(=O)O)c(S(=O)(=O)O)c2)cc1. The predicted octanol–water partition coefficient (Wildman–Crippen LogP) is 1.37. The third kappa shape index (κ3) is 10.4. The first-order valence-electron chi connectivity index (χ1n) is 14.7. The van der Waals surface area contributed by atoms with Crippen LogP contribution >= 0.6 is 0 Å². The highest BCUT2D eigenvalue weighted by atomic mass is 32.2. The number of amides is 4. The van der Waals surface area contributed by atoms with Gasteiger partial charge in [0.1, 0.15) is 21.3 Å². The summed E-state index contributed by atoms with van der Waals surface area (Å²) in [6.07, 6.45) is 2.16. The molecule has 4 aromatic carbocycles. The van der Waals surface area contributed by atoms with Gasteiger partial charge in [-0.25, -0.2) is 16.8 Å². The Balaban J connectivity index is 1.57. The third-order valence-corrected chi connectivity index (χ3v) is 12.3. The first-order valence-corrected chi connectivity index (χ1v) is 20.9. The number of nitrogens with two attached hydrogens (primary N) is 2. The highest BCUT2D eigenvalue weighted by molar-refractivity contribution is 7.92. The lowest BCUT2D eigenvalue weighted by Crippen LogP contribution is -2.23. The average Bonchev–Trinajstić information content (AvgIpc) is 3.06. The van der Waals surface area contributed by atoms with Crippen LogP contribution in [0.4, 0.5) is 11.4 Å². The zero-order valence-corrected chi connectivity index (χ0v) is 30.5. The molecule has 0 atom stereocenters. The van der Waals surface area contributed by atoms with E-state index < -0.39 is 84.8 Å². The third-order valence-electron chi connectivity index (χ3n) is 7.16. The second kappa shape index (κ2) is 15.7. The van der Waals surface area contributed by atoms with E-state index in [-0.39, 0.29) is 43.4 Å². The smallest absolute Gasteiger partial charge is 0.295 e. The van der Waals surface area contributed by atoms with Crippen LogP contribution in [0.15, 0.2) is 105 Å². The van der Waals surface area contributed by atoms with Crippen LogP contribution in [0.3, 0.4) is 0 Å². The molecule has 0 spiro atoms. The number of hydrogen-bond acceptors (Lipinski definition) is 12. The van der Waals surface area contributed by atoms with Gasteiger partial charge in [-0.2, -0.15) is 16.8 Å². The van der Waals surface area contributed by atoms with Crippen LogP contribution < -0.4 is 22.1 Å². The molecule has 0 saturated heterocycles. The fourth-order valence-electron chi connectivity index (χ4n) is 4.70. The number of nitrogens with one attached hydrogen (secondary N) is 2. The summed E-state index contributed by atoms with van der Waals surface area (Å²) in [5.41, 5.74) is 9.13. The van der Waals surface area contributed by atoms with E-state index in [1.165, 1.54) is 12.1 Å². The number of carbonyl (C=O) groups excluding carboxylic acids is 4. The minimum Gasteiger partial charge on any atom is -0.369 e. The molecule has 0 aliphatic rings. The van der Waals surface area contributed by atoms with Crippen molar-refractivity contribution in [2.24, 2.45) is 11.5 Å². The first kappa shape index (κ1) is 41.0. The minimum atomic E-state index is -4.97. The number of sulfone groups is 2. The molecule has 0 radical (unpaired) electrons. The number of benzene rings is 4. The van der Waals surface area contributed by atoms with Crippen molar-refractivity contribution < 1.29 is 62.0 Å². The summed E-state index contributed by atoms with van der Waals surface area (Å²) in [4.78, 5) is 45.7. The van der Waals surface area contributed by atoms with E-state index in [9.17, 15) is 62.0 Å². The zero-order valence-electron chi connectivity index (χ0n) is 27.2. The van der Waals surface area contributed by atoms with Crippen LogP contribution in [-0.2, 0) is 49.5 Å². The molecule has 0 heterocycles. The van der Waals surface area contributed by atoms with Crippen LogP contribution in [0, 0.1) is 0 Å². The van der Waals surface area contributed by atoms with Crippen molar-refractivity contribution in [1.29, 1.82) is 0 Å². The summed E-state index contributed by atoms with van der Waals surface area (Å²) in [5.74, 6) is -5.67. The predicted molar refractivity (Wildman–Crippen MR) is 193 cm³/mol. The van der Waals surface area contributed by atoms with E-state index in [2.05, 4.69) is 10.6 Å². The van der Waals surface area contributed by atoms with Gasteiger partial charge in [0.25, 0.3) is 32.1 Å². The summed E-state index contributed by atoms with van der Waals surface area (Å²) >= 11 is 0. The van der Waals surface area contributed by atoms with Crippen molar-refractivity contribution in [1.82, 2.24) is 0 Å². The molecular weight excluding hydrogens is 793 g/mol. The van der Waals surface area contributed by atoms with Gasteiger partial charge in [-0.1, -0.05) is 24.3 Å². The van der Waals surface area contributed by atoms with Gasteiger partial charge < -0.3 is 22.1 Å². The lowest BCUT2D eigenvalue weighted by atomic mass is 10.1. The summed E-state index contributed by atoms with van der Waals surface area (Å²) in [7, 11) is -18.0. The van der Waals surface area contributed by atoms with Crippen LogP contribution in [0.2, 0.25) is 0 Å². The molecule has 0 bridgehead atoms. The highest BCUT2D eigenvalue weighted by Crippen LogP contribution is 2.27. The summed E-state index contributed by atoms with van der Waals surface area (Å²) < 4.78 is 118. The van der Waals surface area contributed by atoms with Gasteiger partial charge in [0.2, 0.25) is 11.8 Å². The van der Waals surface area contributed by atoms with Crippen molar-refractivity contribution in [2.45, 2.75) is 19.6 Å². The summed E-state index contributed by atoms with van der Waals surface area (Å²) in [6.45, 7) is 0. The minimum absolute atomic E-state index is 0.0618. The molecule has 0 aliphatic carbocycles. The van der Waals surface area contributed by atoms with E-state index >= 15 is 0 Å². The summed E-state index contributed by atoms with van der Waals surface area (Å²) in [5, 5.41) is 4.78. The van der Waals surface area contributed by atoms with Gasteiger partial charge in [-0.05, 0) is 83.9 Å². The van der Waals surface area contributed by atoms with Crippen LogP contribution in [-0.4, -0.2) is 77.9 Å². The Morgan fingerprint density at radius 2 is 0.833 bits per heavy atom. The Bertz CT molecular complexity index is 2470. The van der Waals surface area contributed by atoms with Crippen molar-refractivity contribution in [3.63, 3.8) is 0 Å². The van der Waals surface area contributed by atoms with Gasteiger partial charge in [-0.15, -0.1) is 0 Å². The first-order chi connectivity index (χ1) is 25.0. The molecule has 0 aromatic heterocycles. The van der Waals surface area contributed by atoms with Crippen LogP contribution in [0.5, 0.6) is 0 Å². The van der Waals surface area contributed by atoms with Crippen molar-refractivity contribution in [2.75, 3.05) is 22.1 Å². The fraction of sp³-hybridized carbons (Fsp3) is 0.0625. The van der Waals surface area contributed by atoms with Gasteiger partial charge in [0, 0.05) is 22.5 Å². The molecule has 54 heavy (non-hydrogen) atoms. The Labute approximate surface area is 308 Å². The van der Waals surface area contributed by atoms with E-state index in [4.69, 9.17) is 11.5 Å². The lowest BCUT2D eigenvalue weighted by molar-refractivity contribution is -0.116. The van der Waals surface area contributed by atoms with Crippen molar-refractivity contribution >= 4 is 87.1 Å². The Kier molecular flexibility index (Phi) is 11.9. The summed E-state index contributed by atoms with van der Waals surface area (Å²) in [6, 6.07) is 15.4. The number of anilines is 2. The molecule has 18 nitrogen and oxygen atoms in total. The van der Waals surface area contributed by atoms with Gasteiger partial charge in [-0.3, -0.25) is 28.3 Å². The zero-order chi connectivity index (χ0) is 40.2. The molecule has 4 rings (SSSR count). The molecule has 8 N–H and O–H groups in total. The molecule has 284 valence electrons.